The van der Waals surface area contributed by atoms with Crippen molar-refractivity contribution < 1.29 is 17.6 Å². The Morgan fingerprint density at radius 3 is 2.58 bits per heavy atom. The molecule has 0 amide bonds. The minimum atomic E-state index is -4.64. The summed E-state index contributed by atoms with van der Waals surface area (Å²) in [6.45, 7) is 1.42. The van der Waals surface area contributed by atoms with Gasteiger partial charge in [-0.3, -0.25) is 5.01 Å². The molecular weight excluding hydrogens is 395 g/mol. The van der Waals surface area contributed by atoms with E-state index in [1.807, 2.05) is 0 Å². The molecule has 1 aliphatic rings. The molecule has 0 radical (unpaired) electrons. The van der Waals surface area contributed by atoms with Crippen molar-refractivity contribution in [2.24, 2.45) is 7.05 Å². The van der Waals surface area contributed by atoms with Crippen molar-refractivity contribution in [1.82, 2.24) is 20.2 Å². The molecule has 0 bridgehead atoms. The average Bonchev–Trinajstić information content (AvgIpc) is 3.02. The average molecular weight is 406 g/mol. The Morgan fingerprint density at radius 2 is 2.08 bits per heavy atom. The molecule has 3 heterocycles. The zero-order valence-corrected chi connectivity index (χ0v) is 14.0. The van der Waals surface area contributed by atoms with Gasteiger partial charge in [-0.25, -0.2) is 15.2 Å². The van der Waals surface area contributed by atoms with Gasteiger partial charge in [-0.2, -0.15) is 17.9 Å². The first-order valence-corrected chi connectivity index (χ1v) is 7.44. The molecule has 1 unspecified atom stereocenters. The predicted octanol–water partition coefficient (Wildman–Crippen LogP) is 2.22. The fraction of sp³-hybridized carbons (Fsp3) is 0.308. The second-order valence-corrected chi connectivity index (χ2v) is 6.22. The monoisotopic (exact) mass is 405 g/mol. The number of aromatic nitrogens is 3. The lowest BCUT2D eigenvalue weighted by Crippen LogP contribution is -2.45. The molecule has 0 saturated heterocycles. The summed E-state index contributed by atoms with van der Waals surface area (Å²) < 4.78 is 46.7. The summed E-state index contributed by atoms with van der Waals surface area (Å²) in [5.41, 5.74) is 0.214. The minimum Gasteiger partial charge on any atom is -0.390 e. The third kappa shape index (κ3) is 2.84. The van der Waals surface area contributed by atoms with Crippen LogP contribution in [0, 0.1) is 0 Å². The van der Waals surface area contributed by atoms with Crippen molar-refractivity contribution in [1.29, 1.82) is 0 Å². The highest BCUT2D eigenvalue weighted by Gasteiger charge is 2.49. The Morgan fingerprint density at radius 1 is 1.38 bits per heavy atom. The normalized spacial score (nSPS) is 21.2. The van der Waals surface area contributed by atoms with Gasteiger partial charge in [0.15, 0.2) is 0 Å². The standard InChI is InChI=1S/C13H11BrF3N5O2/c1-12(10-19-21(2)11(23)24-10)5-8(13(15,16)17)22(20-12)9-4-3-7(14)6-18-9/h3-6,20H,1-2H3. The number of nitrogens with zero attached hydrogens (tertiary/aromatic N) is 4. The van der Waals surface area contributed by atoms with Crippen LogP contribution in [0.2, 0.25) is 0 Å². The molecular formula is C13H11BrF3N5O2. The third-order valence-electron chi connectivity index (χ3n) is 3.37. The summed E-state index contributed by atoms with van der Waals surface area (Å²) >= 11 is 3.18. The van der Waals surface area contributed by atoms with Gasteiger partial charge in [-0.15, -0.1) is 5.10 Å². The number of hydrogen-bond donors (Lipinski definition) is 1. The van der Waals surface area contributed by atoms with E-state index in [-0.39, 0.29) is 11.7 Å². The van der Waals surface area contributed by atoms with Crippen molar-refractivity contribution in [3.05, 3.63) is 51.0 Å². The number of hydrogen-bond acceptors (Lipinski definition) is 6. The fourth-order valence-corrected chi connectivity index (χ4v) is 2.45. The molecule has 11 heteroatoms. The topological polar surface area (TPSA) is 76.2 Å². The van der Waals surface area contributed by atoms with Crippen LogP contribution in [0.25, 0.3) is 0 Å². The number of hydrazine groups is 1. The molecule has 7 nitrogen and oxygen atoms in total. The Balaban J connectivity index is 2.08. The van der Waals surface area contributed by atoms with Gasteiger partial charge < -0.3 is 4.42 Å². The van der Waals surface area contributed by atoms with Gasteiger partial charge in [0.05, 0.1) is 0 Å². The van der Waals surface area contributed by atoms with Crippen molar-refractivity contribution in [2.45, 2.75) is 18.6 Å². The number of alkyl halides is 3. The second kappa shape index (κ2) is 5.45. The molecule has 2 aromatic rings. The highest BCUT2D eigenvalue weighted by atomic mass is 79.9. The number of aryl methyl sites for hydroxylation is 1. The van der Waals surface area contributed by atoms with Crippen molar-refractivity contribution >= 4 is 21.7 Å². The Kier molecular flexibility index (Phi) is 3.79. The Hall–Kier alpha value is -2.14. The molecule has 0 saturated carbocycles. The van der Waals surface area contributed by atoms with Crippen LogP contribution in [-0.2, 0) is 12.6 Å². The summed E-state index contributed by atoms with van der Waals surface area (Å²) in [5, 5.41) is 4.62. The van der Waals surface area contributed by atoms with Gasteiger partial charge in [-0.1, -0.05) is 0 Å². The molecule has 1 atom stereocenters. The first kappa shape index (κ1) is 16.7. The molecule has 0 spiro atoms. The Bertz CT molecular complexity index is 858. The van der Waals surface area contributed by atoms with E-state index in [2.05, 4.69) is 31.4 Å². The van der Waals surface area contributed by atoms with Gasteiger partial charge in [0.25, 0.3) is 0 Å². The van der Waals surface area contributed by atoms with Gasteiger partial charge >= 0.3 is 11.9 Å². The number of nitrogens with one attached hydrogen (secondary N) is 1. The van der Waals surface area contributed by atoms with Crippen LogP contribution < -0.4 is 16.2 Å². The quantitative estimate of drug-likeness (QED) is 0.825. The smallest absolute Gasteiger partial charge is 0.390 e. The fourth-order valence-electron chi connectivity index (χ4n) is 2.22. The maximum atomic E-state index is 13.4. The highest BCUT2D eigenvalue weighted by Crippen LogP contribution is 2.39. The van der Waals surface area contributed by atoms with Crippen LogP contribution in [0.1, 0.15) is 12.8 Å². The lowest BCUT2D eigenvalue weighted by Gasteiger charge is -2.26. The van der Waals surface area contributed by atoms with Crippen molar-refractivity contribution in [3.63, 3.8) is 0 Å². The summed E-state index contributed by atoms with van der Waals surface area (Å²) in [6.07, 6.45) is -2.36. The molecule has 1 aliphatic heterocycles. The molecule has 3 rings (SSSR count). The van der Waals surface area contributed by atoms with Crippen LogP contribution in [0.5, 0.6) is 0 Å². The number of allylic oxidation sites excluding steroid dienone is 1. The van der Waals surface area contributed by atoms with Crippen LogP contribution in [0.3, 0.4) is 0 Å². The van der Waals surface area contributed by atoms with E-state index in [9.17, 15) is 18.0 Å². The van der Waals surface area contributed by atoms with E-state index in [1.165, 1.54) is 26.2 Å². The van der Waals surface area contributed by atoms with E-state index < -0.39 is 23.2 Å². The SMILES string of the molecule is Cn1nc(C2(C)C=C(C(F)(F)F)N(c3ccc(Br)cn3)N2)oc1=O. The Labute approximate surface area is 141 Å². The first-order valence-electron chi connectivity index (χ1n) is 6.64. The lowest BCUT2D eigenvalue weighted by molar-refractivity contribution is -0.0931. The van der Waals surface area contributed by atoms with E-state index in [0.29, 0.717) is 4.47 Å². The van der Waals surface area contributed by atoms with Crippen LogP contribution in [-0.4, -0.2) is 20.9 Å². The minimum absolute atomic E-state index is 0.0313. The number of halogens is 4. The van der Waals surface area contributed by atoms with E-state index in [0.717, 1.165) is 15.8 Å². The van der Waals surface area contributed by atoms with Gasteiger partial charge in [0.1, 0.15) is 17.1 Å². The summed E-state index contributed by atoms with van der Waals surface area (Å²) in [7, 11) is 1.34. The summed E-state index contributed by atoms with van der Waals surface area (Å²) in [5.74, 6) is -0.921. The number of pyridine rings is 1. The summed E-state index contributed by atoms with van der Waals surface area (Å²) in [4.78, 5) is 15.4. The molecule has 0 aromatic carbocycles. The molecule has 128 valence electrons. The third-order valence-corrected chi connectivity index (χ3v) is 3.84. The van der Waals surface area contributed by atoms with Crippen LogP contribution in [0.15, 0.2) is 43.8 Å². The summed E-state index contributed by atoms with van der Waals surface area (Å²) in [6, 6.07) is 2.98. The molecule has 2 aromatic heterocycles. The number of anilines is 1. The predicted molar refractivity (Wildman–Crippen MR) is 80.8 cm³/mol. The van der Waals surface area contributed by atoms with E-state index >= 15 is 0 Å². The largest absolute Gasteiger partial charge is 0.436 e. The van der Waals surface area contributed by atoms with Crippen LogP contribution >= 0.6 is 15.9 Å². The zero-order valence-electron chi connectivity index (χ0n) is 12.4. The van der Waals surface area contributed by atoms with Gasteiger partial charge in [-0.05, 0) is 41.1 Å². The highest BCUT2D eigenvalue weighted by molar-refractivity contribution is 9.10. The van der Waals surface area contributed by atoms with Crippen molar-refractivity contribution in [3.8, 4) is 0 Å². The van der Waals surface area contributed by atoms with E-state index in [4.69, 9.17) is 4.42 Å². The molecule has 0 aliphatic carbocycles. The van der Waals surface area contributed by atoms with Gasteiger partial charge in [0.2, 0.25) is 5.89 Å². The van der Waals surface area contributed by atoms with Gasteiger partial charge in [0, 0.05) is 17.7 Å². The molecule has 1 N–H and O–H groups in total. The molecule has 24 heavy (non-hydrogen) atoms. The maximum absolute atomic E-state index is 13.4. The zero-order chi connectivity index (χ0) is 17.7. The molecule has 0 fully saturated rings. The van der Waals surface area contributed by atoms with E-state index in [1.54, 1.807) is 6.07 Å². The lowest BCUT2D eigenvalue weighted by atomic mass is 10.0. The van der Waals surface area contributed by atoms with Crippen LogP contribution in [0.4, 0.5) is 19.0 Å². The number of rotatable bonds is 2. The first-order chi connectivity index (χ1) is 11.1. The maximum Gasteiger partial charge on any atom is 0.436 e. The second-order valence-electron chi connectivity index (χ2n) is 5.31. The van der Waals surface area contributed by atoms with Crippen molar-refractivity contribution in [2.75, 3.05) is 5.01 Å².